The molecular formula is C19H23NO4. The van der Waals surface area contributed by atoms with Crippen LogP contribution < -0.4 is 5.73 Å². The highest BCUT2D eigenvalue weighted by Crippen LogP contribution is 2.26. The van der Waals surface area contributed by atoms with Crippen molar-refractivity contribution in [3.8, 4) is 5.75 Å². The summed E-state index contributed by atoms with van der Waals surface area (Å²) in [5.74, 6) is -1.02. The molecule has 0 aliphatic carbocycles. The maximum absolute atomic E-state index is 12.3. The molecule has 0 saturated carbocycles. The lowest BCUT2D eigenvalue weighted by Gasteiger charge is -2.07. The number of phenols is 1. The number of hydrogen-bond acceptors (Lipinski definition) is 4. The molecule has 1 atom stereocenters. The minimum Gasteiger partial charge on any atom is -0.507 e. The van der Waals surface area contributed by atoms with Crippen molar-refractivity contribution < 1.29 is 19.8 Å². The molecule has 0 bridgehead atoms. The largest absolute Gasteiger partial charge is 0.507 e. The Morgan fingerprint density at radius 2 is 1.62 bits per heavy atom. The van der Waals surface area contributed by atoms with Crippen molar-refractivity contribution in [2.45, 2.75) is 44.6 Å². The number of carboxylic acid groups (broad SMARTS) is 1. The van der Waals surface area contributed by atoms with E-state index in [1.54, 1.807) is 12.1 Å². The summed E-state index contributed by atoms with van der Waals surface area (Å²) in [6.07, 6.45) is 3.96. The second-order valence-corrected chi connectivity index (χ2v) is 6.04. The normalized spacial score (nSPS) is 12.2. The van der Waals surface area contributed by atoms with E-state index in [0.29, 0.717) is 24.8 Å². The number of ketones is 1. The summed E-state index contributed by atoms with van der Waals surface area (Å²) >= 11 is 0. The highest BCUT2D eigenvalue weighted by Gasteiger charge is 2.13. The number of fused-ring (bicyclic) bond motifs is 1. The van der Waals surface area contributed by atoms with Crippen LogP contribution in [0.15, 0.2) is 36.4 Å². The molecule has 0 radical (unpaired) electrons. The number of carbonyl (C=O) groups is 2. The SMILES string of the molecule is NC(CCCCCCC(=O)c1cc2ccccc2cc1O)C(=O)O. The minimum atomic E-state index is -0.975. The smallest absolute Gasteiger partial charge is 0.320 e. The van der Waals surface area contributed by atoms with Gasteiger partial charge in [0.2, 0.25) is 0 Å². The van der Waals surface area contributed by atoms with Crippen LogP contribution in [0.2, 0.25) is 0 Å². The summed E-state index contributed by atoms with van der Waals surface area (Å²) < 4.78 is 0. The zero-order chi connectivity index (χ0) is 17.5. The monoisotopic (exact) mass is 329 g/mol. The predicted molar refractivity (Wildman–Crippen MR) is 93.3 cm³/mol. The molecule has 24 heavy (non-hydrogen) atoms. The molecule has 5 nitrogen and oxygen atoms in total. The lowest BCUT2D eigenvalue weighted by Crippen LogP contribution is -2.29. The first kappa shape index (κ1) is 17.9. The average molecular weight is 329 g/mol. The van der Waals surface area contributed by atoms with E-state index in [9.17, 15) is 14.7 Å². The second-order valence-electron chi connectivity index (χ2n) is 6.04. The molecule has 0 fully saturated rings. The Morgan fingerprint density at radius 1 is 1.00 bits per heavy atom. The Balaban J connectivity index is 1.81. The summed E-state index contributed by atoms with van der Waals surface area (Å²) in [6.45, 7) is 0. The average Bonchev–Trinajstić information content (AvgIpc) is 2.56. The van der Waals surface area contributed by atoms with E-state index in [0.717, 1.165) is 30.0 Å². The first-order valence-corrected chi connectivity index (χ1v) is 8.22. The molecule has 5 heteroatoms. The highest BCUT2D eigenvalue weighted by atomic mass is 16.4. The molecule has 4 N–H and O–H groups in total. The molecule has 2 rings (SSSR count). The van der Waals surface area contributed by atoms with Gasteiger partial charge in [-0.15, -0.1) is 0 Å². The number of unbranched alkanes of at least 4 members (excludes halogenated alkanes) is 3. The number of carbonyl (C=O) groups excluding carboxylic acids is 1. The van der Waals surface area contributed by atoms with Crippen LogP contribution in [0.4, 0.5) is 0 Å². The third-order valence-corrected chi connectivity index (χ3v) is 4.15. The van der Waals surface area contributed by atoms with Crippen LogP contribution in [0.25, 0.3) is 10.8 Å². The summed E-state index contributed by atoms with van der Waals surface area (Å²) in [4.78, 5) is 22.9. The first-order chi connectivity index (χ1) is 11.5. The standard InChI is InChI=1S/C19H23NO4/c20-16(19(23)24)9-3-1-2-4-10-17(21)15-11-13-7-5-6-8-14(13)12-18(15)22/h5-8,11-12,16,22H,1-4,9-10,20H2,(H,23,24). The van der Waals surface area contributed by atoms with Gasteiger partial charge in [0.05, 0.1) is 5.56 Å². The number of phenolic OH excluding ortho intramolecular Hbond substituents is 1. The Hall–Kier alpha value is -2.40. The molecule has 0 aliphatic rings. The lowest BCUT2D eigenvalue weighted by molar-refractivity contribution is -0.138. The molecule has 2 aromatic rings. The predicted octanol–water partition coefficient (Wildman–Crippen LogP) is 3.48. The van der Waals surface area contributed by atoms with E-state index in [4.69, 9.17) is 10.8 Å². The summed E-state index contributed by atoms with van der Waals surface area (Å²) in [5.41, 5.74) is 5.80. The fourth-order valence-electron chi connectivity index (χ4n) is 2.71. The highest BCUT2D eigenvalue weighted by molar-refractivity contribution is 6.02. The lowest BCUT2D eigenvalue weighted by atomic mass is 9.99. The number of benzene rings is 2. The Kier molecular flexibility index (Phi) is 6.32. The Labute approximate surface area is 141 Å². The number of carboxylic acids is 1. The first-order valence-electron chi connectivity index (χ1n) is 8.22. The molecule has 0 aliphatic heterocycles. The number of nitrogens with two attached hydrogens (primary N) is 1. The number of aliphatic carboxylic acids is 1. The topological polar surface area (TPSA) is 101 Å². The van der Waals surface area contributed by atoms with E-state index in [-0.39, 0.29) is 11.5 Å². The van der Waals surface area contributed by atoms with E-state index >= 15 is 0 Å². The van der Waals surface area contributed by atoms with Crippen LogP contribution in [0.5, 0.6) is 5.75 Å². The molecule has 0 aromatic heterocycles. The third-order valence-electron chi connectivity index (χ3n) is 4.15. The van der Waals surface area contributed by atoms with Gasteiger partial charge in [0.25, 0.3) is 0 Å². The maximum Gasteiger partial charge on any atom is 0.320 e. The van der Waals surface area contributed by atoms with Gasteiger partial charge in [0.1, 0.15) is 11.8 Å². The van der Waals surface area contributed by atoms with Gasteiger partial charge in [-0.1, -0.05) is 43.5 Å². The number of rotatable bonds is 9. The summed E-state index contributed by atoms with van der Waals surface area (Å²) in [5, 5.41) is 20.6. The molecule has 0 heterocycles. The van der Waals surface area contributed by atoms with Crippen molar-refractivity contribution in [2.24, 2.45) is 5.73 Å². The summed E-state index contributed by atoms with van der Waals surface area (Å²) in [7, 11) is 0. The van der Waals surface area contributed by atoms with Crippen molar-refractivity contribution >= 4 is 22.5 Å². The van der Waals surface area contributed by atoms with E-state index in [1.807, 2.05) is 24.3 Å². The number of Topliss-reactive ketones (excluding diaryl/α,β-unsaturated/α-hetero) is 1. The van der Waals surface area contributed by atoms with Gasteiger partial charge in [-0.2, -0.15) is 0 Å². The Bertz CT molecular complexity index is 726. The number of aromatic hydroxyl groups is 1. The summed E-state index contributed by atoms with van der Waals surface area (Å²) in [6, 6.07) is 10.1. The van der Waals surface area contributed by atoms with E-state index < -0.39 is 12.0 Å². The molecule has 128 valence electrons. The molecule has 2 aromatic carbocycles. The minimum absolute atomic E-state index is 0.0196. The molecule has 0 spiro atoms. The fourth-order valence-corrected chi connectivity index (χ4v) is 2.71. The van der Waals surface area contributed by atoms with E-state index in [1.165, 1.54) is 0 Å². The Morgan fingerprint density at radius 3 is 2.29 bits per heavy atom. The van der Waals surface area contributed by atoms with Crippen molar-refractivity contribution in [1.82, 2.24) is 0 Å². The zero-order valence-electron chi connectivity index (χ0n) is 13.6. The van der Waals surface area contributed by atoms with Crippen molar-refractivity contribution in [2.75, 3.05) is 0 Å². The van der Waals surface area contributed by atoms with Crippen molar-refractivity contribution in [3.63, 3.8) is 0 Å². The third kappa shape index (κ3) is 4.80. The van der Waals surface area contributed by atoms with Crippen LogP contribution in [-0.4, -0.2) is 28.0 Å². The fraction of sp³-hybridized carbons (Fsp3) is 0.368. The van der Waals surface area contributed by atoms with Crippen LogP contribution in [0.1, 0.15) is 48.9 Å². The molecule has 1 unspecified atom stereocenters. The maximum atomic E-state index is 12.3. The van der Waals surface area contributed by atoms with Gasteiger partial charge < -0.3 is 15.9 Å². The van der Waals surface area contributed by atoms with Crippen LogP contribution in [-0.2, 0) is 4.79 Å². The van der Waals surface area contributed by atoms with Gasteiger partial charge in [0, 0.05) is 6.42 Å². The van der Waals surface area contributed by atoms with Gasteiger partial charge in [-0.25, -0.2) is 0 Å². The molecule has 0 amide bonds. The van der Waals surface area contributed by atoms with Crippen molar-refractivity contribution in [1.29, 1.82) is 0 Å². The second kappa shape index (κ2) is 8.45. The zero-order valence-corrected chi connectivity index (χ0v) is 13.6. The number of hydrogen-bond donors (Lipinski definition) is 3. The van der Waals surface area contributed by atoms with Gasteiger partial charge >= 0.3 is 5.97 Å². The quantitative estimate of drug-likeness (QED) is 0.483. The van der Waals surface area contributed by atoms with Crippen LogP contribution >= 0.6 is 0 Å². The van der Waals surface area contributed by atoms with Gasteiger partial charge in [-0.05, 0) is 35.7 Å². The van der Waals surface area contributed by atoms with Gasteiger partial charge in [0.15, 0.2) is 5.78 Å². The van der Waals surface area contributed by atoms with Crippen LogP contribution in [0, 0.1) is 0 Å². The molecule has 0 saturated heterocycles. The molecular weight excluding hydrogens is 306 g/mol. The van der Waals surface area contributed by atoms with Gasteiger partial charge in [-0.3, -0.25) is 9.59 Å². The van der Waals surface area contributed by atoms with E-state index in [2.05, 4.69) is 0 Å². The van der Waals surface area contributed by atoms with Crippen molar-refractivity contribution in [3.05, 3.63) is 42.0 Å². The van der Waals surface area contributed by atoms with Crippen LogP contribution in [0.3, 0.4) is 0 Å².